The molecule has 1 aliphatic rings. The summed E-state index contributed by atoms with van der Waals surface area (Å²) in [5, 5.41) is 3.72. The molecule has 0 aliphatic carbocycles. The van der Waals surface area contributed by atoms with E-state index in [1.807, 2.05) is 27.7 Å². The predicted octanol–water partition coefficient (Wildman–Crippen LogP) is 3.64. The highest BCUT2D eigenvalue weighted by molar-refractivity contribution is 7.89. The standard InChI is InChI=1S/C21H29N3O5S2/c1-13(2)21-22-15(5)19(30-21)20(25)23-17-12-16(6-7-18(17)29-14(3)4)31(26,27)24-8-10-28-11-9-24/h6-7,12-14H,8-11H2,1-5H3,(H,23,25). The Kier molecular flexibility index (Phi) is 7.35. The van der Waals surface area contributed by atoms with Crippen LogP contribution in [-0.2, 0) is 14.8 Å². The van der Waals surface area contributed by atoms with Gasteiger partial charge in [0.2, 0.25) is 10.0 Å². The van der Waals surface area contributed by atoms with Gasteiger partial charge in [-0.1, -0.05) is 13.8 Å². The fourth-order valence-electron chi connectivity index (χ4n) is 3.11. The highest BCUT2D eigenvalue weighted by atomic mass is 32.2. The van der Waals surface area contributed by atoms with E-state index in [1.54, 1.807) is 13.0 Å². The van der Waals surface area contributed by atoms with Crippen LogP contribution in [0, 0.1) is 6.92 Å². The number of hydrogen-bond donors (Lipinski definition) is 1. The van der Waals surface area contributed by atoms with E-state index in [2.05, 4.69) is 10.3 Å². The number of hydrogen-bond acceptors (Lipinski definition) is 7. The molecular weight excluding hydrogens is 438 g/mol. The molecule has 0 unspecified atom stereocenters. The van der Waals surface area contributed by atoms with Gasteiger partial charge in [-0.05, 0) is 39.0 Å². The van der Waals surface area contributed by atoms with Gasteiger partial charge < -0.3 is 14.8 Å². The number of aryl methyl sites for hydroxylation is 1. The zero-order chi connectivity index (χ0) is 22.8. The SMILES string of the molecule is Cc1nc(C(C)C)sc1C(=O)Nc1cc(S(=O)(=O)N2CCOCC2)ccc1OC(C)C. The number of aromatic nitrogens is 1. The van der Waals surface area contributed by atoms with Crippen molar-refractivity contribution >= 4 is 33.0 Å². The van der Waals surface area contributed by atoms with Crippen molar-refractivity contribution in [3.63, 3.8) is 0 Å². The van der Waals surface area contributed by atoms with E-state index in [4.69, 9.17) is 9.47 Å². The van der Waals surface area contributed by atoms with Crippen LogP contribution in [0.25, 0.3) is 0 Å². The van der Waals surface area contributed by atoms with Crippen LogP contribution >= 0.6 is 11.3 Å². The van der Waals surface area contributed by atoms with Gasteiger partial charge in [0.05, 0.1) is 40.6 Å². The summed E-state index contributed by atoms with van der Waals surface area (Å²) >= 11 is 1.34. The van der Waals surface area contributed by atoms with Crippen LogP contribution in [0.3, 0.4) is 0 Å². The number of sulfonamides is 1. The molecule has 1 fully saturated rings. The number of anilines is 1. The number of carbonyl (C=O) groups excluding carboxylic acids is 1. The minimum atomic E-state index is -3.71. The number of rotatable bonds is 7. The average molecular weight is 468 g/mol. The van der Waals surface area contributed by atoms with Crippen molar-refractivity contribution in [2.24, 2.45) is 0 Å². The second kappa shape index (κ2) is 9.64. The van der Waals surface area contributed by atoms with E-state index in [1.165, 1.54) is 27.8 Å². The fraction of sp³-hybridized carbons (Fsp3) is 0.524. The van der Waals surface area contributed by atoms with Gasteiger partial charge in [0, 0.05) is 19.0 Å². The number of morpholine rings is 1. The van der Waals surface area contributed by atoms with Crippen molar-refractivity contribution in [3.8, 4) is 5.75 Å². The first-order valence-corrected chi connectivity index (χ1v) is 12.5. The van der Waals surface area contributed by atoms with Gasteiger partial charge in [-0.25, -0.2) is 13.4 Å². The molecular formula is C21H29N3O5S2. The van der Waals surface area contributed by atoms with Gasteiger partial charge in [-0.2, -0.15) is 4.31 Å². The normalized spacial score (nSPS) is 15.5. The first-order chi connectivity index (χ1) is 14.6. The zero-order valence-corrected chi connectivity index (χ0v) is 20.1. The molecule has 1 aromatic carbocycles. The highest BCUT2D eigenvalue weighted by Gasteiger charge is 2.28. The first kappa shape index (κ1) is 23.6. The third kappa shape index (κ3) is 5.43. The Morgan fingerprint density at radius 2 is 1.90 bits per heavy atom. The monoisotopic (exact) mass is 467 g/mol. The van der Waals surface area contributed by atoms with E-state index in [0.29, 0.717) is 48.3 Å². The topological polar surface area (TPSA) is 97.8 Å². The van der Waals surface area contributed by atoms with Gasteiger partial charge in [-0.15, -0.1) is 11.3 Å². The van der Waals surface area contributed by atoms with Crippen molar-refractivity contribution in [3.05, 3.63) is 33.8 Å². The maximum absolute atomic E-state index is 13.1. The third-order valence-corrected chi connectivity index (χ3v) is 8.03. The summed E-state index contributed by atoms with van der Waals surface area (Å²) in [6.07, 6.45) is -0.143. The summed E-state index contributed by atoms with van der Waals surface area (Å²) in [7, 11) is -3.71. The smallest absolute Gasteiger partial charge is 0.267 e. The lowest BCUT2D eigenvalue weighted by Gasteiger charge is -2.26. The third-order valence-electron chi connectivity index (χ3n) is 4.68. The number of ether oxygens (including phenoxy) is 2. The van der Waals surface area contributed by atoms with Crippen molar-refractivity contribution < 1.29 is 22.7 Å². The van der Waals surface area contributed by atoms with Crippen LogP contribution in [0.1, 0.15) is 54.0 Å². The summed E-state index contributed by atoms with van der Waals surface area (Å²) in [5.74, 6) is 0.291. The number of benzene rings is 1. The van der Waals surface area contributed by atoms with Gasteiger partial charge in [0.1, 0.15) is 10.6 Å². The molecule has 31 heavy (non-hydrogen) atoms. The maximum Gasteiger partial charge on any atom is 0.267 e. The highest BCUT2D eigenvalue weighted by Crippen LogP contribution is 2.32. The number of thiazole rings is 1. The molecule has 10 heteroatoms. The van der Waals surface area contributed by atoms with Crippen LogP contribution in [0.2, 0.25) is 0 Å². The van der Waals surface area contributed by atoms with Crippen LogP contribution in [0.5, 0.6) is 5.75 Å². The van der Waals surface area contributed by atoms with Crippen LogP contribution in [0.4, 0.5) is 5.69 Å². The maximum atomic E-state index is 13.1. The second-order valence-corrected chi connectivity index (χ2v) is 10.9. The molecule has 0 bridgehead atoms. The lowest BCUT2D eigenvalue weighted by molar-refractivity contribution is 0.0730. The molecule has 0 radical (unpaired) electrons. The number of nitrogens with one attached hydrogen (secondary N) is 1. The van der Waals surface area contributed by atoms with Crippen LogP contribution in [-0.4, -0.2) is 56.0 Å². The molecule has 1 aromatic heterocycles. The molecule has 2 heterocycles. The first-order valence-electron chi connectivity index (χ1n) is 10.3. The second-order valence-electron chi connectivity index (χ2n) is 7.92. The largest absolute Gasteiger partial charge is 0.489 e. The fourth-order valence-corrected chi connectivity index (χ4v) is 5.51. The summed E-state index contributed by atoms with van der Waals surface area (Å²) in [6, 6.07) is 4.55. The van der Waals surface area contributed by atoms with Crippen molar-refractivity contribution in [2.45, 2.75) is 51.5 Å². The summed E-state index contributed by atoms with van der Waals surface area (Å²) in [4.78, 5) is 18.1. The van der Waals surface area contributed by atoms with Crippen LogP contribution < -0.4 is 10.1 Å². The van der Waals surface area contributed by atoms with Gasteiger partial charge in [-0.3, -0.25) is 4.79 Å². The quantitative estimate of drug-likeness (QED) is 0.668. The lowest BCUT2D eigenvalue weighted by Crippen LogP contribution is -2.40. The van der Waals surface area contributed by atoms with E-state index >= 15 is 0 Å². The van der Waals surface area contributed by atoms with Gasteiger partial charge in [0.15, 0.2) is 0 Å². The average Bonchev–Trinajstić information content (AvgIpc) is 3.11. The van der Waals surface area contributed by atoms with Gasteiger partial charge >= 0.3 is 0 Å². The molecule has 8 nitrogen and oxygen atoms in total. The molecule has 170 valence electrons. The Balaban J connectivity index is 1.95. The van der Waals surface area contributed by atoms with E-state index in [9.17, 15) is 13.2 Å². The molecule has 1 aliphatic heterocycles. The molecule has 3 rings (SSSR count). The minimum Gasteiger partial charge on any atom is -0.489 e. The summed E-state index contributed by atoms with van der Waals surface area (Å²) < 4.78 is 38.6. The van der Waals surface area contributed by atoms with E-state index in [0.717, 1.165) is 5.01 Å². The summed E-state index contributed by atoms with van der Waals surface area (Å²) in [5.41, 5.74) is 0.960. The van der Waals surface area contributed by atoms with Crippen molar-refractivity contribution in [1.82, 2.24) is 9.29 Å². The number of nitrogens with zero attached hydrogens (tertiary/aromatic N) is 2. The summed E-state index contributed by atoms with van der Waals surface area (Å²) in [6.45, 7) is 10.9. The molecule has 0 atom stereocenters. The Morgan fingerprint density at radius 1 is 1.23 bits per heavy atom. The lowest BCUT2D eigenvalue weighted by atomic mass is 10.2. The molecule has 1 amide bonds. The zero-order valence-electron chi connectivity index (χ0n) is 18.5. The predicted molar refractivity (Wildman–Crippen MR) is 121 cm³/mol. The minimum absolute atomic E-state index is 0.102. The molecule has 1 saturated heterocycles. The van der Waals surface area contributed by atoms with Crippen LogP contribution in [0.15, 0.2) is 23.1 Å². The van der Waals surface area contributed by atoms with Crippen molar-refractivity contribution in [2.75, 3.05) is 31.6 Å². The number of amides is 1. The van der Waals surface area contributed by atoms with E-state index < -0.39 is 10.0 Å². The van der Waals surface area contributed by atoms with Crippen molar-refractivity contribution in [1.29, 1.82) is 0 Å². The Labute approximate surface area is 187 Å². The molecule has 0 spiro atoms. The Bertz CT molecular complexity index is 1040. The van der Waals surface area contributed by atoms with E-state index in [-0.39, 0.29) is 22.8 Å². The molecule has 2 aromatic rings. The molecule has 0 saturated carbocycles. The number of carbonyl (C=O) groups is 1. The molecule has 1 N–H and O–H groups in total. The Hall–Kier alpha value is -2.01. The van der Waals surface area contributed by atoms with Gasteiger partial charge in [0.25, 0.3) is 5.91 Å². The Morgan fingerprint density at radius 3 is 2.48 bits per heavy atom.